The first-order chi connectivity index (χ1) is 8.85. The van der Waals surface area contributed by atoms with Crippen LogP contribution in [0.15, 0.2) is 22.2 Å². The lowest BCUT2D eigenvalue weighted by Crippen LogP contribution is -2.21. The van der Waals surface area contributed by atoms with Crippen LogP contribution in [0.25, 0.3) is 10.6 Å². The van der Waals surface area contributed by atoms with E-state index in [4.69, 9.17) is 5.11 Å². The molecule has 3 nitrogen and oxygen atoms in total. The van der Waals surface area contributed by atoms with Crippen molar-refractivity contribution in [1.82, 2.24) is 9.88 Å². The number of thiophene rings is 1. The van der Waals surface area contributed by atoms with Crippen LogP contribution in [-0.2, 0) is 6.54 Å². The second-order valence-electron chi connectivity index (χ2n) is 4.73. The fourth-order valence-corrected chi connectivity index (χ4v) is 3.86. The number of rotatable bonds is 4. The number of likely N-dealkylation sites (tertiary alicyclic amines) is 1. The van der Waals surface area contributed by atoms with Gasteiger partial charge in [0.1, 0.15) is 5.01 Å². The van der Waals surface area contributed by atoms with Gasteiger partial charge in [-0.3, -0.25) is 4.90 Å². The molecule has 1 aliphatic rings. The van der Waals surface area contributed by atoms with E-state index >= 15 is 0 Å². The summed E-state index contributed by atoms with van der Waals surface area (Å²) in [7, 11) is 0. The van der Waals surface area contributed by atoms with Crippen LogP contribution in [0.3, 0.4) is 0 Å². The van der Waals surface area contributed by atoms with E-state index in [1.54, 1.807) is 22.7 Å². The van der Waals surface area contributed by atoms with Crippen LogP contribution < -0.4 is 0 Å². The number of thiazole rings is 1. The van der Waals surface area contributed by atoms with Crippen molar-refractivity contribution in [2.45, 2.75) is 13.0 Å². The van der Waals surface area contributed by atoms with Gasteiger partial charge in [-0.15, -0.1) is 11.3 Å². The standard InChI is InChI=1S/C13H16N2OS2/c16-7-10-1-3-15(5-10)6-12-9-18-13(14-12)11-2-4-17-8-11/h2,4,8-10,16H,1,3,5-7H2. The average Bonchev–Trinajstić information content (AvgIpc) is 3.10. The summed E-state index contributed by atoms with van der Waals surface area (Å²) >= 11 is 3.43. The first-order valence-electron chi connectivity index (χ1n) is 6.15. The van der Waals surface area contributed by atoms with E-state index in [0.29, 0.717) is 12.5 Å². The molecule has 2 aromatic rings. The Morgan fingerprint density at radius 2 is 2.39 bits per heavy atom. The van der Waals surface area contributed by atoms with Crippen LogP contribution in [0.1, 0.15) is 12.1 Å². The van der Waals surface area contributed by atoms with Gasteiger partial charge in [0.05, 0.1) is 5.69 Å². The summed E-state index contributed by atoms with van der Waals surface area (Å²) in [5.74, 6) is 0.458. The molecule has 5 heteroatoms. The molecular formula is C13H16N2OS2. The molecule has 1 N–H and O–H groups in total. The third-order valence-electron chi connectivity index (χ3n) is 3.33. The molecule has 1 fully saturated rings. The van der Waals surface area contributed by atoms with Crippen LogP contribution in [0.5, 0.6) is 0 Å². The number of aliphatic hydroxyl groups excluding tert-OH is 1. The van der Waals surface area contributed by atoms with Crippen molar-refractivity contribution in [3.63, 3.8) is 0 Å². The molecule has 0 bridgehead atoms. The molecule has 96 valence electrons. The monoisotopic (exact) mass is 280 g/mol. The highest BCUT2D eigenvalue weighted by molar-refractivity contribution is 7.14. The zero-order valence-electron chi connectivity index (χ0n) is 10.1. The molecule has 0 aromatic carbocycles. The van der Waals surface area contributed by atoms with E-state index in [1.165, 1.54) is 5.56 Å². The molecule has 1 saturated heterocycles. The molecule has 0 spiro atoms. The summed E-state index contributed by atoms with van der Waals surface area (Å²) in [6.07, 6.45) is 1.11. The van der Waals surface area contributed by atoms with Gasteiger partial charge in [0, 0.05) is 36.0 Å². The lowest BCUT2D eigenvalue weighted by Gasteiger charge is -2.13. The highest BCUT2D eigenvalue weighted by atomic mass is 32.1. The largest absolute Gasteiger partial charge is 0.396 e. The van der Waals surface area contributed by atoms with E-state index < -0.39 is 0 Å². The molecule has 3 heterocycles. The number of hydrogen-bond acceptors (Lipinski definition) is 5. The van der Waals surface area contributed by atoms with Gasteiger partial charge < -0.3 is 5.11 Å². The Labute approximate surface area is 115 Å². The summed E-state index contributed by atoms with van der Waals surface area (Å²) in [5.41, 5.74) is 2.38. The topological polar surface area (TPSA) is 36.4 Å². The number of nitrogens with zero attached hydrogens (tertiary/aromatic N) is 2. The third kappa shape index (κ3) is 2.64. The van der Waals surface area contributed by atoms with Gasteiger partial charge in [-0.2, -0.15) is 11.3 Å². The van der Waals surface area contributed by atoms with Gasteiger partial charge >= 0.3 is 0 Å². The third-order valence-corrected chi connectivity index (χ3v) is 4.96. The van der Waals surface area contributed by atoms with E-state index in [2.05, 4.69) is 32.1 Å². The zero-order chi connectivity index (χ0) is 12.4. The van der Waals surface area contributed by atoms with E-state index in [-0.39, 0.29) is 0 Å². The Morgan fingerprint density at radius 3 is 3.11 bits per heavy atom. The summed E-state index contributed by atoms with van der Waals surface area (Å²) in [4.78, 5) is 7.07. The van der Waals surface area contributed by atoms with Crippen LogP contribution in [0.2, 0.25) is 0 Å². The summed E-state index contributed by atoms with van der Waals surface area (Å²) < 4.78 is 0. The van der Waals surface area contributed by atoms with Crippen molar-refractivity contribution < 1.29 is 5.11 Å². The van der Waals surface area contributed by atoms with Gasteiger partial charge in [0.15, 0.2) is 0 Å². The van der Waals surface area contributed by atoms with Crippen LogP contribution in [-0.4, -0.2) is 34.7 Å². The number of aromatic nitrogens is 1. The maximum absolute atomic E-state index is 9.14. The van der Waals surface area contributed by atoms with Crippen molar-refractivity contribution in [2.75, 3.05) is 19.7 Å². The number of aliphatic hydroxyl groups is 1. The molecule has 18 heavy (non-hydrogen) atoms. The quantitative estimate of drug-likeness (QED) is 0.935. The average molecular weight is 280 g/mol. The smallest absolute Gasteiger partial charge is 0.124 e. The first-order valence-corrected chi connectivity index (χ1v) is 7.97. The second-order valence-corrected chi connectivity index (χ2v) is 6.37. The Bertz CT molecular complexity index is 495. The first kappa shape index (κ1) is 12.3. The summed E-state index contributed by atoms with van der Waals surface area (Å²) in [6.45, 7) is 3.31. The Balaban J connectivity index is 1.64. The van der Waals surface area contributed by atoms with Gasteiger partial charge in [-0.25, -0.2) is 4.98 Å². The van der Waals surface area contributed by atoms with Crippen molar-refractivity contribution in [3.05, 3.63) is 27.9 Å². The molecule has 0 amide bonds. The fourth-order valence-electron chi connectivity index (χ4n) is 2.33. The van der Waals surface area contributed by atoms with Crippen LogP contribution >= 0.6 is 22.7 Å². The van der Waals surface area contributed by atoms with Crippen molar-refractivity contribution >= 4 is 22.7 Å². The molecule has 0 radical (unpaired) electrons. The Kier molecular flexibility index (Phi) is 3.75. The molecule has 1 unspecified atom stereocenters. The lowest BCUT2D eigenvalue weighted by molar-refractivity contribution is 0.219. The van der Waals surface area contributed by atoms with E-state index in [0.717, 1.165) is 36.8 Å². The van der Waals surface area contributed by atoms with Crippen molar-refractivity contribution in [3.8, 4) is 10.6 Å². The van der Waals surface area contributed by atoms with E-state index in [1.807, 2.05) is 0 Å². The summed E-state index contributed by atoms with van der Waals surface area (Å²) in [6, 6.07) is 2.12. The molecular weight excluding hydrogens is 264 g/mol. The molecule has 0 aliphatic carbocycles. The fraction of sp³-hybridized carbons (Fsp3) is 0.462. The minimum Gasteiger partial charge on any atom is -0.396 e. The van der Waals surface area contributed by atoms with Gasteiger partial charge in [-0.05, 0) is 30.3 Å². The highest BCUT2D eigenvalue weighted by Gasteiger charge is 2.22. The maximum Gasteiger partial charge on any atom is 0.124 e. The van der Waals surface area contributed by atoms with Gasteiger partial charge in [-0.1, -0.05) is 0 Å². The predicted octanol–water partition coefficient (Wildman–Crippen LogP) is 2.69. The second kappa shape index (κ2) is 5.48. The molecule has 2 aromatic heterocycles. The van der Waals surface area contributed by atoms with E-state index in [9.17, 15) is 0 Å². The van der Waals surface area contributed by atoms with Crippen molar-refractivity contribution in [2.24, 2.45) is 5.92 Å². The maximum atomic E-state index is 9.14. The Morgan fingerprint density at radius 1 is 1.44 bits per heavy atom. The van der Waals surface area contributed by atoms with Crippen LogP contribution in [0, 0.1) is 5.92 Å². The normalized spacial score (nSPS) is 20.6. The summed E-state index contributed by atoms with van der Waals surface area (Å²) in [5, 5.41) is 16.6. The molecule has 0 saturated carbocycles. The van der Waals surface area contributed by atoms with Crippen molar-refractivity contribution in [1.29, 1.82) is 0 Å². The molecule has 3 rings (SSSR count). The SMILES string of the molecule is OCC1CCN(Cc2csc(-c3ccsc3)n2)C1. The van der Waals surface area contributed by atoms with Gasteiger partial charge in [0.25, 0.3) is 0 Å². The predicted molar refractivity (Wildman–Crippen MR) is 75.9 cm³/mol. The Hall–Kier alpha value is -0.750. The van der Waals surface area contributed by atoms with Crippen LogP contribution in [0.4, 0.5) is 0 Å². The minimum absolute atomic E-state index is 0.313. The number of hydrogen-bond donors (Lipinski definition) is 1. The zero-order valence-corrected chi connectivity index (χ0v) is 11.7. The molecule has 1 atom stereocenters. The molecule has 1 aliphatic heterocycles. The highest BCUT2D eigenvalue weighted by Crippen LogP contribution is 2.27. The van der Waals surface area contributed by atoms with Gasteiger partial charge in [0.2, 0.25) is 0 Å². The lowest BCUT2D eigenvalue weighted by atomic mass is 10.1. The minimum atomic E-state index is 0.313.